The van der Waals surface area contributed by atoms with Gasteiger partial charge in [0, 0.05) is 7.05 Å². The number of hydrogen-bond donors (Lipinski definition) is 2. The van der Waals surface area contributed by atoms with E-state index < -0.39 is 11.9 Å². The number of nitrogens with one attached hydrogen (secondary N) is 2. The highest BCUT2D eigenvalue weighted by molar-refractivity contribution is 6.29. The Hall–Kier alpha value is -1.62. The van der Waals surface area contributed by atoms with Gasteiger partial charge in [0.25, 0.3) is 5.91 Å². The van der Waals surface area contributed by atoms with Crippen LogP contribution >= 0.6 is 11.6 Å². The zero-order valence-corrected chi connectivity index (χ0v) is 12.0. The van der Waals surface area contributed by atoms with E-state index in [4.69, 9.17) is 11.6 Å². The number of halogens is 1. The topological polar surface area (TPSA) is 71.1 Å². The Bertz CT molecular complexity index is 463. The molecule has 1 atom stereocenters. The molecule has 1 unspecified atom stereocenters. The first kappa shape index (κ1) is 15.4. The SMILES string of the molecule is CNC(=O)C(CC(C)C)NC(=O)c1cccc(Cl)n1. The summed E-state index contributed by atoms with van der Waals surface area (Å²) in [5.74, 6) is -0.337. The molecule has 0 spiro atoms. The Labute approximate surface area is 117 Å². The minimum absolute atomic E-state index is 0.199. The molecule has 0 aliphatic rings. The molecule has 0 bridgehead atoms. The Morgan fingerprint density at radius 1 is 1.37 bits per heavy atom. The van der Waals surface area contributed by atoms with Gasteiger partial charge in [-0.3, -0.25) is 9.59 Å². The van der Waals surface area contributed by atoms with Crippen LogP contribution in [-0.2, 0) is 4.79 Å². The second kappa shape index (κ2) is 7.09. The van der Waals surface area contributed by atoms with Crippen LogP contribution < -0.4 is 10.6 Å². The van der Waals surface area contributed by atoms with E-state index in [2.05, 4.69) is 15.6 Å². The standard InChI is InChI=1S/C13H18ClN3O2/c1-8(2)7-10(12(18)15-3)17-13(19)9-5-4-6-11(14)16-9/h4-6,8,10H,7H2,1-3H3,(H,15,18)(H,17,19). The summed E-state index contributed by atoms with van der Waals surface area (Å²) in [6, 6.07) is 4.21. The van der Waals surface area contributed by atoms with E-state index in [-0.39, 0.29) is 22.7 Å². The fourth-order valence-corrected chi connectivity index (χ4v) is 1.81. The van der Waals surface area contributed by atoms with Gasteiger partial charge in [-0.05, 0) is 24.5 Å². The highest BCUT2D eigenvalue weighted by Crippen LogP contribution is 2.08. The van der Waals surface area contributed by atoms with Crippen molar-refractivity contribution in [1.82, 2.24) is 15.6 Å². The Kier molecular flexibility index (Phi) is 5.76. The van der Waals surface area contributed by atoms with Gasteiger partial charge < -0.3 is 10.6 Å². The average molecular weight is 284 g/mol. The summed E-state index contributed by atoms with van der Waals surface area (Å²) in [4.78, 5) is 27.6. The molecular weight excluding hydrogens is 266 g/mol. The summed E-state index contributed by atoms with van der Waals surface area (Å²) >= 11 is 5.73. The molecule has 19 heavy (non-hydrogen) atoms. The number of carbonyl (C=O) groups excluding carboxylic acids is 2. The van der Waals surface area contributed by atoms with Crippen molar-refractivity contribution in [1.29, 1.82) is 0 Å². The van der Waals surface area contributed by atoms with Crippen LogP contribution in [0.5, 0.6) is 0 Å². The first-order valence-corrected chi connectivity index (χ1v) is 6.46. The van der Waals surface area contributed by atoms with Gasteiger partial charge in [-0.1, -0.05) is 31.5 Å². The minimum Gasteiger partial charge on any atom is -0.357 e. The normalized spacial score (nSPS) is 12.1. The molecular formula is C13H18ClN3O2. The first-order valence-electron chi connectivity index (χ1n) is 6.09. The molecule has 1 aromatic rings. The fourth-order valence-electron chi connectivity index (χ4n) is 1.64. The zero-order chi connectivity index (χ0) is 14.4. The van der Waals surface area contributed by atoms with E-state index in [1.165, 1.54) is 0 Å². The highest BCUT2D eigenvalue weighted by atomic mass is 35.5. The van der Waals surface area contributed by atoms with Gasteiger partial charge in [-0.15, -0.1) is 0 Å². The molecule has 1 rings (SSSR count). The van der Waals surface area contributed by atoms with Crippen molar-refractivity contribution >= 4 is 23.4 Å². The van der Waals surface area contributed by atoms with Crippen LogP contribution in [0.2, 0.25) is 5.15 Å². The molecule has 2 N–H and O–H groups in total. The van der Waals surface area contributed by atoms with Crippen molar-refractivity contribution in [2.45, 2.75) is 26.3 Å². The van der Waals surface area contributed by atoms with Crippen molar-refractivity contribution in [2.75, 3.05) is 7.05 Å². The fraction of sp³-hybridized carbons (Fsp3) is 0.462. The molecule has 104 valence electrons. The summed E-state index contributed by atoms with van der Waals surface area (Å²) in [6.45, 7) is 3.97. The molecule has 0 fully saturated rings. The Balaban J connectivity index is 2.78. The smallest absolute Gasteiger partial charge is 0.270 e. The monoisotopic (exact) mass is 283 g/mol. The van der Waals surface area contributed by atoms with Crippen molar-refractivity contribution < 1.29 is 9.59 Å². The Morgan fingerprint density at radius 2 is 2.05 bits per heavy atom. The van der Waals surface area contributed by atoms with Crippen LogP contribution in [0.25, 0.3) is 0 Å². The molecule has 0 saturated carbocycles. The summed E-state index contributed by atoms with van der Waals surface area (Å²) in [6.07, 6.45) is 0.561. The second-order valence-corrected chi connectivity index (χ2v) is 5.00. The van der Waals surface area contributed by atoms with Crippen molar-refractivity contribution in [3.05, 3.63) is 29.0 Å². The lowest BCUT2D eigenvalue weighted by molar-refractivity contribution is -0.122. The summed E-state index contributed by atoms with van der Waals surface area (Å²) in [5, 5.41) is 5.45. The third-order valence-electron chi connectivity index (χ3n) is 2.52. The van der Waals surface area contributed by atoms with Crippen LogP contribution in [0.1, 0.15) is 30.8 Å². The lowest BCUT2D eigenvalue weighted by Crippen LogP contribution is -2.46. The summed E-state index contributed by atoms with van der Waals surface area (Å²) in [5.41, 5.74) is 0.199. The van der Waals surface area contributed by atoms with Crippen LogP contribution in [0.3, 0.4) is 0 Å². The number of carbonyl (C=O) groups is 2. The molecule has 1 aromatic heterocycles. The van der Waals surface area contributed by atoms with Gasteiger partial charge in [0.1, 0.15) is 16.9 Å². The number of aromatic nitrogens is 1. The first-order chi connectivity index (χ1) is 8.93. The third-order valence-corrected chi connectivity index (χ3v) is 2.73. The summed E-state index contributed by atoms with van der Waals surface area (Å²) in [7, 11) is 1.54. The number of hydrogen-bond acceptors (Lipinski definition) is 3. The van der Waals surface area contributed by atoms with Crippen LogP contribution in [0, 0.1) is 5.92 Å². The van der Waals surface area contributed by atoms with Gasteiger partial charge >= 0.3 is 0 Å². The molecule has 0 saturated heterocycles. The average Bonchev–Trinajstić information content (AvgIpc) is 2.36. The van der Waals surface area contributed by atoms with Gasteiger partial charge in [0.05, 0.1) is 0 Å². The second-order valence-electron chi connectivity index (χ2n) is 4.62. The third kappa shape index (κ3) is 4.87. The maximum atomic E-state index is 12.0. The molecule has 0 aliphatic heterocycles. The number of nitrogens with zero attached hydrogens (tertiary/aromatic N) is 1. The van der Waals surface area contributed by atoms with E-state index >= 15 is 0 Å². The van der Waals surface area contributed by atoms with Crippen molar-refractivity contribution in [3.8, 4) is 0 Å². The summed E-state index contributed by atoms with van der Waals surface area (Å²) < 4.78 is 0. The molecule has 2 amide bonds. The van der Waals surface area contributed by atoms with E-state index in [0.717, 1.165) is 0 Å². The van der Waals surface area contributed by atoms with Gasteiger partial charge in [0.15, 0.2) is 0 Å². The molecule has 0 aromatic carbocycles. The predicted molar refractivity (Wildman–Crippen MR) is 74.0 cm³/mol. The number of pyridine rings is 1. The Morgan fingerprint density at radius 3 is 2.58 bits per heavy atom. The van der Waals surface area contributed by atoms with E-state index in [0.29, 0.717) is 6.42 Å². The van der Waals surface area contributed by atoms with Gasteiger partial charge in [0.2, 0.25) is 5.91 Å². The number of likely N-dealkylation sites (N-methyl/N-ethyl adjacent to an activating group) is 1. The minimum atomic E-state index is -0.571. The number of rotatable bonds is 5. The van der Waals surface area contributed by atoms with Crippen molar-refractivity contribution in [2.24, 2.45) is 5.92 Å². The predicted octanol–water partition coefficient (Wildman–Crippen LogP) is 1.63. The van der Waals surface area contributed by atoms with E-state index in [1.807, 2.05) is 13.8 Å². The van der Waals surface area contributed by atoms with Crippen LogP contribution in [0.4, 0.5) is 0 Å². The van der Waals surface area contributed by atoms with Crippen LogP contribution in [-0.4, -0.2) is 29.9 Å². The zero-order valence-electron chi connectivity index (χ0n) is 11.2. The lowest BCUT2D eigenvalue weighted by atomic mass is 10.0. The highest BCUT2D eigenvalue weighted by Gasteiger charge is 2.21. The number of amides is 2. The molecule has 1 heterocycles. The maximum Gasteiger partial charge on any atom is 0.270 e. The van der Waals surface area contributed by atoms with Crippen LogP contribution in [0.15, 0.2) is 18.2 Å². The van der Waals surface area contributed by atoms with Crippen molar-refractivity contribution in [3.63, 3.8) is 0 Å². The molecule has 0 radical (unpaired) electrons. The lowest BCUT2D eigenvalue weighted by Gasteiger charge is -2.18. The largest absolute Gasteiger partial charge is 0.357 e. The van der Waals surface area contributed by atoms with E-state index in [9.17, 15) is 9.59 Å². The quantitative estimate of drug-likeness (QED) is 0.807. The maximum absolute atomic E-state index is 12.0. The molecule has 5 nitrogen and oxygen atoms in total. The van der Waals surface area contributed by atoms with E-state index in [1.54, 1.807) is 25.2 Å². The molecule has 0 aliphatic carbocycles. The molecule has 6 heteroatoms. The van der Waals surface area contributed by atoms with Gasteiger partial charge in [-0.25, -0.2) is 4.98 Å². The van der Waals surface area contributed by atoms with Gasteiger partial charge in [-0.2, -0.15) is 0 Å².